The molecule has 3 saturated carbocycles. The van der Waals surface area contributed by atoms with Crippen LogP contribution in [0.25, 0.3) is 10.9 Å². The Kier molecular flexibility index (Phi) is 2.47. The molecule has 0 radical (unpaired) electrons. The van der Waals surface area contributed by atoms with E-state index < -0.39 is 0 Å². The van der Waals surface area contributed by atoms with Gasteiger partial charge in [0.15, 0.2) is 0 Å². The normalized spacial score (nSPS) is 37.7. The summed E-state index contributed by atoms with van der Waals surface area (Å²) in [6.07, 6.45) is 6.41. The van der Waals surface area contributed by atoms with Crippen LogP contribution in [0.15, 0.2) is 36.5 Å². The molecule has 108 valence electrons. The fourth-order valence-electron chi connectivity index (χ4n) is 5.53. The highest BCUT2D eigenvalue weighted by Gasteiger charge is 2.66. The number of hydrogen-bond donors (Lipinski definition) is 2. The largest absolute Gasteiger partial charge is 0.271 e. The number of benzene rings is 1. The predicted octanol–water partition coefficient (Wildman–Crippen LogP) is 3.03. The van der Waals surface area contributed by atoms with E-state index in [1.54, 1.807) is 0 Å². The molecule has 5 atom stereocenters. The van der Waals surface area contributed by atoms with Gasteiger partial charge in [0.2, 0.25) is 0 Å². The Morgan fingerprint density at radius 2 is 1.90 bits per heavy atom. The van der Waals surface area contributed by atoms with E-state index in [0.29, 0.717) is 0 Å². The molecule has 0 saturated heterocycles. The van der Waals surface area contributed by atoms with Gasteiger partial charge < -0.3 is 0 Å². The van der Waals surface area contributed by atoms with E-state index in [9.17, 15) is 0 Å². The number of hydrazine groups is 1. The molecule has 1 heterocycles. The van der Waals surface area contributed by atoms with Crippen molar-refractivity contribution in [1.29, 1.82) is 0 Å². The molecule has 2 bridgehead atoms. The number of rotatable bonds is 3. The van der Waals surface area contributed by atoms with Gasteiger partial charge in [0.25, 0.3) is 0 Å². The van der Waals surface area contributed by atoms with Crippen molar-refractivity contribution in [2.45, 2.75) is 25.3 Å². The average Bonchev–Trinajstić information content (AvgIpc) is 2.94. The van der Waals surface area contributed by atoms with E-state index in [4.69, 9.17) is 5.84 Å². The summed E-state index contributed by atoms with van der Waals surface area (Å²) < 4.78 is 0. The van der Waals surface area contributed by atoms with Crippen molar-refractivity contribution >= 4 is 10.9 Å². The van der Waals surface area contributed by atoms with Crippen LogP contribution in [0.3, 0.4) is 0 Å². The molecule has 3 heteroatoms. The van der Waals surface area contributed by atoms with Gasteiger partial charge in [-0.25, -0.2) is 0 Å². The molecule has 0 spiro atoms. The molecule has 2 aromatic rings. The topological polar surface area (TPSA) is 50.9 Å². The number of para-hydroxylation sites is 1. The van der Waals surface area contributed by atoms with Crippen molar-refractivity contribution in [3.8, 4) is 0 Å². The number of fused-ring (bicyclic) bond motifs is 6. The van der Waals surface area contributed by atoms with Crippen molar-refractivity contribution < 1.29 is 0 Å². The number of nitrogens with zero attached hydrogens (tertiary/aromatic N) is 1. The lowest BCUT2D eigenvalue weighted by Gasteiger charge is -2.20. The van der Waals surface area contributed by atoms with Crippen molar-refractivity contribution in [3.63, 3.8) is 0 Å². The summed E-state index contributed by atoms with van der Waals surface area (Å²) in [4.78, 5) is 4.61. The van der Waals surface area contributed by atoms with Crippen LogP contribution >= 0.6 is 0 Å². The van der Waals surface area contributed by atoms with Gasteiger partial charge in [-0.2, -0.15) is 0 Å². The van der Waals surface area contributed by atoms with E-state index in [1.165, 1.54) is 30.2 Å². The Balaban J connectivity index is 1.49. The Morgan fingerprint density at radius 1 is 1.14 bits per heavy atom. The van der Waals surface area contributed by atoms with Crippen molar-refractivity contribution in [2.75, 3.05) is 0 Å². The maximum Gasteiger partial charge on any atom is 0.0702 e. The lowest BCUT2D eigenvalue weighted by Crippen LogP contribution is -2.31. The third-order valence-corrected chi connectivity index (χ3v) is 6.33. The zero-order valence-electron chi connectivity index (χ0n) is 12.1. The third kappa shape index (κ3) is 1.65. The molecule has 0 amide bonds. The van der Waals surface area contributed by atoms with Crippen molar-refractivity contribution in [3.05, 3.63) is 42.1 Å². The van der Waals surface area contributed by atoms with Crippen LogP contribution in [-0.2, 0) is 0 Å². The molecule has 5 unspecified atom stereocenters. The molecule has 3 aliphatic carbocycles. The molecule has 21 heavy (non-hydrogen) atoms. The first-order valence-electron chi connectivity index (χ1n) is 8.17. The van der Waals surface area contributed by atoms with Gasteiger partial charge in [0.05, 0.1) is 11.6 Å². The van der Waals surface area contributed by atoms with Gasteiger partial charge >= 0.3 is 0 Å². The second kappa shape index (κ2) is 4.28. The smallest absolute Gasteiger partial charge is 0.0702 e. The monoisotopic (exact) mass is 279 g/mol. The first-order chi connectivity index (χ1) is 10.4. The lowest BCUT2D eigenvalue weighted by molar-refractivity contribution is 0.374. The number of hydrogen-bond acceptors (Lipinski definition) is 3. The minimum Gasteiger partial charge on any atom is -0.271 e. The highest BCUT2D eigenvalue weighted by Crippen LogP contribution is 2.72. The zero-order chi connectivity index (χ0) is 14.0. The highest BCUT2D eigenvalue weighted by atomic mass is 15.2. The van der Waals surface area contributed by atoms with E-state index in [1.807, 2.05) is 12.3 Å². The number of nitrogens with one attached hydrogen (secondary N) is 1. The molecule has 0 aliphatic heterocycles. The Bertz CT molecular complexity index is 682. The van der Waals surface area contributed by atoms with Crippen LogP contribution in [0.2, 0.25) is 0 Å². The van der Waals surface area contributed by atoms with Gasteiger partial charge in [0, 0.05) is 11.6 Å². The van der Waals surface area contributed by atoms with E-state index >= 15 is 0 Å². The van der Waals surface area contributed by atoms with Gasteiger partial charge in [-0.3, -0.25) is 16.3 Å². The molecular weight excluding hydrogens is 258 g/mol. The van der Waals surface area contributed by atoms with E-state index in [2.05, 4.69) is 34.7 Å². The molecular formula is C18H21N3. The van der Waals surface area contributed by atoms with Crippen LogP contribution in [0.4, 0.5) is 0 Å². The Labute approximate surface area is 124 Å². The summed E-state index contributed by atoms with van der Waals surface area (Å²) in [5, 5.41) is 1.21. The highest BCUT2D eigenvalue weighted by molar-refractivity contribution is 5.78. The third-order valence-electron chi connectivity index (χ3n) is 6.33. The van der Waals surface area contributed by atoms with Crippen LogP contribution < -0.4 is 11.3 Å². The van der Waals surface area contributed by atoms with Crippen LogP contribution in [0.1, 0.15) is 30.9 Å². The quantitative estimate of drug-likeness (QED) is 0.670. The van der Waals surface area contributed by atoms with Crippen molar-refractivity contribution in [2.24, 2.45) is 35.4 Å². The van der Waals surface area contributed by atoms with Gasteiger partial charge in [0.1, 0.15) is 0 Å². The lowest BCUT2D eigenvalue weighted by atomic mass is 9.93. The molecule has 1 aromatic carbocycles. The van der Waals surface area contributed by atoms with Gasteiger partial charge in [-0.05, 0) is 66.5 Å². The maximum atomic E-state index is 5.93. The second-order valence-electron chi connectivity index (χ2n) is 7.17. The fraction of sp³-hybridized carbons (Fsp3) is 0.500. The Morgan fingerprint density at radius 3 is 2.67 bits per heavy atom. The Hall–Kier alpha value is -1.45. The summed E-state index contributed by atoms with van der Waals surface area (Å²) in [6, 6.07) is 10.9. The minimum absolute atomic E-state index is 0.278. The molecule has 5 rings (SSSR count). The summed E-state index contributed by atoms with van der Waals surface area (Å²) in [7, 11) is 0. The number of nitrogens with two attached hydrogens (primary N) is 1. The summed E-state index contributed by atoms with van der Waals surface area (Å²) in [5.74, 6) is 10.5. The predicted molar refractivity (Wildman–Crippen MR) is 83.1 cm³/mol. The zero-order valence-corrected chi connectivity index (χ0v) is 12.1. The fourth-order valence-corrected chi connectivity index (χ4v) is 5.53. The molecule has 3 N–H and O–H groups in total. The van der Waals surface area contributed by atoms with Crippen LogP contribution in [-0.4, -0.2) is 4.98 Å². The molecule has 3 aliphatic rings. The number of aromatic nitrogens is 1. The first kappa shape index (κ1) is 12.1. The van der Waals surface area contributed by atoms with Gasteiger partial charge in [-0.15, -0.1) is 0 Å². The SMILES string of the molecule is NNC(c1cnc2ccccc2c1)C1C2C3CCC(C3)C21. The molecule has 1 aromatic heterocycles. The molecule has 3 fully saturated rings. The first-order valence-corrected chi connectivity index (χ1v) is 8.17. The summed E-state index contributed by atoms with van der Waals surface area (Å²) >= 11 is 0. The van der Waals surface area contributed by atoms with Crippen molar-refractivity contribution in [1.82, 2.24) is 10.4 Å². The number of pyridine rings is 1. The van der Waals surface area contributed by atoms with Crippen LogP contribution in [0, 0.1) is 29.6 Å². The van der Waals surface area contributed by atoms with Crippen LogP contribution in [0.5, 0.6) is 0 Å². The van der Waals surface area contributed by atoms with Gasteiger partial charge in [-0.1, -0.05) is 18.2 Å². The second-order valence-corrected chi connectivity index (χ2v) is 7.17. The maximum absolute atomic E-state index is 5.93. The van der Waals surface area contributed by atoms with E-state index in [-0.39, 0.29) is 6.04 Å². The summed E-state index contributed by atoms with van der Waals surface area (Å²) in [5.41, 5.74) is 5.42. The molecule has 3 nitrogen and oxygen atoms in total. The van der Waals surface area contributed by atoms with E-state index in [0.717, 1.165) is 35.1 Å². The minimum atomic E-state index is 0.278. The summed E-state index contributed by atoms with van der Waals surface area (Å²) in [6.45, 7) is 0. The standard InChI is InChI=1S/C18H21N3/c19-21-18(17-15-11-5-6-12(8-11)16(15)17)13-7-10-3-1-2-4-14(10)20-9-13/h1-4,7,9,11-12,15-18,21H,5-6,8,19H2. The average molecular weight is 279 g/mol.